The summed E-state index contributed by atoms with van der Waals surface area (Å²) in [5, 5.41) is 2.54. The lowest BCUT2D eigenvalue weighted by molar-refractivity contribution is -0.128. The van der Waals surface area contributed by atoms with Crippen LogP contribution in [0.5, 0.6) is 5.75 Å². The predicted octanol–water partition coefficient (Wildman–Crippen LogP) is 3.28. The summed E-state index contributed by atoms with van der Waals surface area (Å²) in [5.41, 5.74) is 4.61. The lowest BCUT2D eigenvalue weighted by atomic mass is 10.3. The molecule has 0 saturated heterocycles. The van der Waals surface area contributed by atoms with Crippen LogP contribution in [0.3, 0.4) is 0 Å². The number of amides is 2. The molecule has 1 atom stereocenters. The third-order valence-corrected chi connectivity index (χ3v) is 4.01. The number of rotatable bonds is 4. The van der Waals surface area contributed by atoms with Gasteiger partial charge >= 0.3 is 0 Å². The quantitative estimate of drug-likeness (QED) is 0.824. The molecule has 0 aliphatic rings. The molecule has 1 aromatic carbocycles. The Morgan fingerprint density at radius 3 is 2.64 bits per heavy atom. The minimum atomic E-state index is -0.845. The first-order valence-corrected chi connectivity index (χ1v) is 7.86. The summed E-state index contributed by atoms with van der Waals surface area (Å²) in [5.74, 6) is -0.561. The number of ether oxygens (including phenoxy) is 1. The number of benzene rings is 1. The fourth-order valence-corrected chi connectivity index (χ4v) is 2.58. The van der Waals surface area contributed by atoms with Crippen LogP contribution in [0, 0.1) is 0 Å². The molecule has 5 nitrogen and oxygen atoms in total. The SMILES string of the molecule is C[C@@H](Oc1ccc(Cl)cc1Cl)C(=O)NNC(=O)c1cccs1. The molecule has 0 spiro atoms. The maximum absolute atomic E-state index is 11.9. The number of carbonyl (C=O) groups is 2. The van der Waals surface area contributed by atoms with Crippen molar-refractivity contribution in [2.45, 2.75) is 13.0 Å². The molecule has 2 N–H and O–H groups in total. The van der Waals surface area contributed by atoms with Crippen LogP contribution >= 0.6 is 34.5 Å². The molecule has 0 unspecified atom stereocenters. The number of hydrogen-bond acceptors (Lipinski definition) is 4. The molecule has 116 valence electrons. The van der Waals surface area contributed by atoms with Crippen LogP contribution in [-0.4, -0.2) is 17.9 Å². The van der Waals surface area contributed by atoms with E-state index in [1.807, 2.05) is 0 Å². The first kappa shape index (κ1) is 16.6. The molecule has 22 heavy (non-hydrogen) atoms. The van der Waals surface area contributed by atoms with Gasteiger partial charge in [0.2, 0.25) is 0 Å². The van der Waals surface area contributed by atoms with Crippen molar-refractivity contribution in [3.63, 3.8) is 0 Å². The predicted molar refractivity (Wildman–Crippen MR) is 86.5 cm³/mol. The molecular weight excluding hydrogens is 347 g/mol. The van der Waals surface area contributed by atoms with Gasteiger partial charge in [-0.25, -0.2) is 0 Å². The Morgan fingerprint density at radius 2 is 2.00 bits per heavy atom. The fraction of sp³-hybridized carbons (Fsp3) is 0.143. The zero-order chi connectivity index (χ0) is 16.1. The molecule has 2 aromatic rings. The highest BCUT2D eigenvalue weighted by atomic mass is 35.5. The Kier molecular flexibility index (Phi) is 5.65. The monoisotopic (exact) mass is 358 g/mol. The van der Waals surface area contributed by atoms with E-state index in [2.05, 4.69) is 10.9 Å². The molecule has 0 saturated carbocycles. The molecule has 2 amide bonds. The Balaban J connectivity index is 1.88. The van der Waals surface area contributed by atoms with Crippen molar-refractivity contribution in [2.24, 2.45) is 0 Å². The second-order valence-corrected chi connectivity index (χ2v) is 6.05. The van der Waals surface area contributed by atoms with E-state index in [1.165, 1.54) is 24.3 Å². The lowest BCUT2D eigenvalue weighted by Gasteiger charge is -2.15. The number of hydrazine groups is 1. The van der Waals surface area contributed by atoms with Gasteiger partial charge in [-0.1, -0.05) is 29.3 Å². The van der Waals surface area contributed by atoms with Gasteiger partial charge in [-0.05, 0) is 36.6 Å². The summed E-state index contributed by atoms with van der Waals surface area (Å²) in [6.45, 7) is 1.54. The Labute approximate surface area is 141 Å². The highest BCUT2D eigenvalue weighted by Gasteiger charge is 2.17. The molecule has 0 bridgehead atoms. The van der Waals surface area contributed by atoms with Crippen molar-refractivity contribution in [3.8, 4) is 5.75 Å². The third-order valence-electron chi connectivity index (χ3n) is 2.61. The number of nitrogens with one attached hydrogen (secondary N) is 2. The molecule has 1 aromatic heterocycles. The van der Waals surface area contributed by atoms with Crippen LogP contribution in [0.15, 0.2) is 35.7 Å². The van der Waals surface area contributed by atoms with E-state index in [1.54, 1.807) is 29.6 Å². The standard InChI is InChI=1S/C14H12Cl2N2O3S/c1-8(21-11-5-4-9(15)7-10(11)16)13(19)17-18-14(20)12-3-2-6-22-12/h2-8H,1H3,(H,17,19)(H,18,20)/t8-/m1/s1. The summed E-state index contributed by atoms with van der Waals surface area (Å²) >= 11 is 13.0. The van der Waals surface area contributed by atoms with Crippen molar-refractivity contribution in [1.82, 2.24) is 10.9 Å². The van der Waals surface area contributed by atoms with Crippen molar-refractivity contribution < 1.29 is 14.3 Å². The molecule has 0 aliphatic carbocycles. The number of carbonyl (C=O) groups excluding carboxylic acids is 2. The molecule has 0 fully saturated rings. The number of hydrogen-bond donors (Lipinski definition) is 2. The summed E-state index contributed by atoms with van der Waals surface area (Å²) in [6, 6.07) is 8.08. The van der Waals surface area contributed by atoms with Crippen LogP contribution in [0.2, 0.25) is 10.0 Å². The smallest absolute Gasteiger partial charge is 0.279 e. The van der Waals surface area contributed by atoms with Gasteiger partial charge < -0.3 is 4.74 Å². The minimum absolute atomic E-state index is 0.301. The van der Waals surface area contributed by atoms with Gasteiger partial charge in [-0.2, -0.15) is 0 Å². The van der Waals surface area contributed by atoms with Crippen molar-refractivity contribution in [3.05, 3.63) is 50.6 Å². The molecule has 1 heterocycles. The largest absolute Gasteiger partial charge is 0.479 e. The van der Waals surface area contributed by atoms with Crippen molar-refractivity contribution in [2.75, 3.05) is 0 Å². The van der Waals surface area contributed by atoms with Gasteiger partial charge in [-0.15, -0.1) is 11.3 Å². The topological polar surface area (TPSA) is 67.4 Å². The van der Waals surface area contributed by atoms with E-state index in [0.29, 0.717) is 20.7 Å². The maximum atomic E-state index is 11.9. The van der Waals surface area contributed by atoms with E-state index < -0.39 is 12.0 Å². The van der Waals surface area contributed by atoms with Gasteiger partial charge in [0.1, 0.15) is 5.75 Å². The molecular formula is C14H12Cl2N2O3S. The fourth-order valence-electron chi connectivity index (χ4n) is 1.50. The normalized spacial score (nSPS) is 11.6. The van der Waals surface area contributed by atoms with Gasteiger partial charge in [0.15, 0.2) is 6.10 Å². The van der Waals surface area contributed by atoms with Gasteiger partial charge in [0.25, 0.3) is 11.8 Å². The highest BCUT2D eigenvalue weighted by Crippen LogP contribution is 2.28. The van der Waals surface area contributed by atoms with Crippen LogP contribution in [0.4, 0.5) is 0 Å². The first-order valence-electron chi connectivity index (χ1n) is 6.23. The maximum Gasteiger partial charge on any atom is 0.279 e. The molecule has 2 rings (SSSR count). The van der Waals surface area contributed by atoms with Crippen LogP contribution in [-0.2, 0) is 4.79 Å². The highest BCUT2D eigenvalue weighted by molar-refractivity contribution is 7.12. The summed E-state index contributed by atoms with van der Waals surface area (Å²) in [7, 11) is 0. The second kappa shape index (κ2) is 7.49. The first-order chi connectivity index (χ1) is 10.5. The number of halogens is 2. The average Bonchev–Trinajstić information content (AvgIpc) is 3.01. The van der Waals surface area contributed by atoms with E-state index in [-0.39, 0.29) is 5.91 Å². The number of thiophene rings is 1. The lowest BCUT2D eigenvalue weighted by Crippen LogP contribution is -2.47. The van der Waals surface area contributed by atoms with Gasteiger partial charge in [0.05, 0.1) is 9.90 Å². The minimum Gasteiger partial charge on any atom is -0.479 e. The summed E-state index contributed by atoms with van der Waals surface area (Å²) < 4.78 is 5.43. The third kappa shape index (κ3) is 4.37. The summed E-state index contributed by atoms with van der Waals surface area (Å²) in [4.78, 5) is 24.1. The van der Waals surface area contributed by atoms with Crippen LogP contribution in [0.25, 0.3) is 0 Å². The average molecular weight is 359 g/mol. The molecule has 0 aliphatic heterocycles. The Hall–Kier alpha value is -1.76. The van der Waals surface area contributed by atoms with Gasteiger partial charge in [-0.3, -0.25) is 20.4 Å². The molecule has 8 heteroatoms. The Bertz CT molecular complexity index is 677. The van der Waals surface area contributed by atoms with Crippen LogP contribution in [0.1, 0.15) is 16.6 Å². The van der Waals surface area contributed by atoms with Gasteiger partial charge in [0, 0.05) is 5.02 Å². The molecule has 0 radical (unpaired) electrons. The summed E-state index contributed by atoms with van der Waals surface area (Å²) in [6.07, 6.45) is -0.845. The Morgan fingerprint density at radius 1 is 1.23 bits per heavy atom. The van der Waals surface area contributed by atoms with E-state index in [4.69, 9.17) is 27.9 Å². The van der Waals surface area contributed by atoms with Crippen molar-refractivity contribution in [1.29, 1.82) is 0 Å². The van der Waals surface area contributed by atoms with Crippen molar-refractivity contribution >= 4 is 46.4 Å². The van der Waals surface area contributed by atoms with E-state index >= 15 is 0 Å². The van der Waals surface area contributed by atoms with E-state index in [9.17, 15) is 9.59 Å². The zero-order valence-electron chi connectivity index (χ0n) is 11.4. The zero-order valence-corrected chi connectivity index (χ0v) is 13.8. The second-order valence-electron chi connectivity index (χ2n) is 4.26. The van der Waals surface area contributed by atoms with Crippen LogP contribution < -0.4 is 15.6 Å². The van der Waals surface area contributed by atoms with E-state index in [0.717, 1.165) is 0 Å².